The summed E-state index contributed by atoms with van der Waals surface area (Å²) in [6.07, 6.45) is 2.73. The first-order chi connectivity index (χ1) is 10.0. The first kappa shape index (κ1) is 15.8. The van der Waals surface area contributed by atoms with E-state index in [1.807, 2.05) is 25.7 Å². The Hall–Kier alpha value is -1.56. The van der Waals surface area contributed by atoms with Crippen molar-refractivity contribution in [2.24, 2.45) is 0 Å². The predicted octanol–water partition coefficient (Wildman–Crippen LogP) is 3.10. The van der Waals surface area contributed by atoms with Gasteiger partial charge in [0.1, 0.15) is 0 Å². The Morgan fingerprint density at radius 3 is 2.52 bits per heavy atom. The molecule has 6 heteroatoms. The zero-order chi connectivity index (χ0) is 15.5. The number of urea groups is 1. The summed E-state index contributed by atoms with van der Waals surface area (Å²) in [5.41, 5.74) is 1.60. The molecule has 6 nitrogen and oxygen atoms in total. The summed E-state index contributed by atoms with van der Waals surface area (Å²) in [6, 6.07) is -0.129. The monoisotopic (exact) mass is 295 g/mol. The standard InChI is InChI=1S/C15H25N3O3/c1-5-15(20-6-2)7-9-18(10-8-15)14(19)16-13-11(3)12(4)17-21-13/h5-10H2,1-4H3,(H,16,19). The Kier molecular flexibility index (Phi) is 4.88. The lowest BCUT2D eigenvalue weighted by molar-refractivity contribution is -0.0751. The first-order valence-electron chi connectivity index (χ1n) is 7.64. The van der Waals surface area contributed by atoms with E-state index in [2.05, 4.69) is 17.4 Å². The van der Waals surface area contributed by atoms with Crippen LogP contribution < -0.4 is 5.32 Å². The Bertz CT molecular complexity index is 490. The van der Waals surface area contributed by atoms with Gasteiger partial charge in [0, 0.05) is 25.3 Å². The van der Waals surface area contributed by atoms with E-state index in [9.17, 15) is 4.79 Å². The van der Waals surface area contributed by atoms with E-state index < -0.39 is 0 Å². The van der Waals surface area contributed by atoms with E-state index in [0.717, 1.165) is 37.1 Å². The van der Waals surface area contributed by atoms with Crippen molar-refractivity contribution in [2.75, 3.05) is 25.0 Å². The van der Waals surface area contributed by atoms with Gasteiger partial charge in [-0.3, -0.25) is 5.32 Å². The quantitative estimate of drug-likeness (QED) is 0.926. The summed E-state index contributed by atoms with van der Waals surface area (Å²) < 4.78 is 11.0. The van der Waals surface area contributed by atoms with Gasteiger partial charge >= 0.3 is 6.03 Å². The van der Waals surface area contributed by atoms with Crippen LogP contribution >= 0.6 is 0 Å². The van der Waals surface area contributed by atoms with E-state index >= 15 is 0 Å². The van der Waals surface area contributed by atoms with Crippen molar-refractivity contribution in [3.05, 3.63) is 11.3 Å². The highest BCUT2D eigenvalue weighted by molar-refractivity contribution is 5.88. The van der Waals surface area contributed by atoms with Crippen LogP contribution in [0.4, 0.5) is 10.7 Å². The second kappa shape index (κ2) is 6.47. The van der Waals surface area contributed by atoms with Crippen LogP contribution in [0.1, 0.15) is 44.4 Å². The minimum atomic E-state index is -0.129. The summed E-state index contributed by atoms with van der Waals surface area (Å²) in [4.78, 5) is 14.1. The van der Waals surface area contributed by atoms with Crippen molar-refractivity contribution >= 4 is 11.9 Å². The highest BCUT2D eigenvalue weighted by Crippen LogP contribution is 2.30. The number of amides is 2. The van der Waals surface area contributed by atoms with Crippen molar-refractivity contribution in [2.45, 2.75) is 52.6 Å². The van der Waals surface area contributed by atoms with Gasteiger partial charge < -0.3 is 14.2 Å². The lowest BCUT2D eigenvalue weighted by Crippen LogP contribution is -2.49. The van der Waals surface area contributed by atoms with E-state index in [-0.39, 0.29) is 11.6 Å². The number of nitrogens with one attached hydrogen (secondary N) is 1. The fraction of sp³-hybridized carbons (Fsp3) is 0.733. The maximum Gasteiger partial charge on any atom is 0.324 e. The third kappa shape index (κ3) is 3.37. The smallest absolute Gasteiger partial charge is 0.324 e. The van der Waals surface area contributed by atoms with Gasteiger partial charge in [-0.05, 0) is 40.0 Å². The molecule has 0 spiro atoms. The zero-order valence-corrected chi connectivity index (χ0v) is 13.4. The van der Waals surface area contributed by atoms with Gasteiger partial charge in [0.2, 0.25) is 5.88 Å². The SMILES string of the molecule is CCOC1(CC)CCN(C(=O)Nc2onc(C)c2C)CC1. The summed E-state index contributed by atoms with van der Waals surface area (Å²) in [6.45, 7) is 10.0. The van der Waals surface area contributed by atoms with Crippen LogP contribution in [0.5, 0.6) is 0 Å². The van der Waals surface area contributed by atoms with Gasteiger partial charge in [0.15, 0.2) is 0 Å². The average molecular weight is 295 g/mol. The summed E-state index contributed by atoms with van der Waals surface area (Å²) in [5.74, 6) is 0.439. The molecule has 0 atom stereocenters. The number of hydrogen-bond donors (Lipinski definition) is 1. The molecule has 1 aromatic heterocycles. The number of hydrogen-bond acceptors (Lipinski definition) is 4. The molecule has 1 N–H and O–H groups in total. The fourth-order valence-electron chi connectivity index (χ4n) is 2.73. The Morgan fingerprint density at radius 1 is 1.38 bits per heavy atom. The largest absolute Gasteiger partial charge is 0.375 e. The number of ether oxygens (including phenoxy) is 1. The summed E-state index contributed by atoms with van der Waals surface area (Å²) in [7, 11) is 0. The molecule has 0 aromatic carbocycles. The molecular weight excluding hydrogens is 270 g/mol. The van der Waals surface area contributed by atoms with Gasteiger partial charge in [-0.25, -0.2) is 4.79 Å². The molecule has 1 saturated heterocycles. The topological polar surface area (TPSA) is 67.6 Å². The molecule has 21 heavy (non-hydrogen) atoms. The number of carbonyl (C=O) groups excluding carboxylic acids is 1. The molecule has 2 heterocycles. The Morgan fingerprint density at radius 2 is 2.05 bits per heavy atom. The minimum absolute atomic E-state index is 0.0652. The van der Waals surface area contributed by atoms with Gasteiger partial charge in [0.05, 0.1) is 11.3 Å². The third-order valence-electron chi connectivity index (χ3n) is 4.43. The first-order valence-corrected chi connectivity index (χ1v) is 7.64. The minimum Gasteiger partial charge on any atom is -0.375 e. The number of rotatable bonds is 4. The predicted molar refractivity (Wildman–Crippen MR) is 80.5 cm³/mol. The molecular formula is C15H25N3O3. The lowest BCUT2D eigenvalue weighted by Gasteiger charge is -2.40. The van der Waals surface area contributed by atoms with Crippen molar-refractivity contribution in [3.63, 3.8) is 0 Å². The highest BCUT2D eigenvalue weighted by atomic mass is 16.5. The number of nitrogens with zero attached hydrogens (tertiary/aromatic N) is 2. The van der Waals surface area contributed by atoms with Crippen LogP contribution in [-0.4, -0.2) is 41.4 Å². The van der Waals surface area contributed by atoms with Crippen molar-refractivity contribution in [1.29, 1.82) is 0 Å². The van der Waals surface area contributed by atoms with Crippen LogP contribution in [0.15, 0.2) is 4.52 Å². The molecule has 0 aliphatic carbocycles. The number of aryl methyl sites for hydroxylation is 1. The van der Waals surface area contributed by atoms with Crippen molar-refractivity contribution in [3.8, 4) is 0 Å². The van der Waals surface area contributed by atoms with Crippen LogP contribution in [0.2, 0.25) is 0 Å². The van der Waals surface area contributed by atoms with Gasteiger partial charge in [-0.2, -0.15) is 0 Å². The highest BCUT2D eigenvalue weighted by Gasteiger charge is 2.35. The maximum absolute atomic E-state index is 12.3. The number of piperidine rings is 1. The molecule has 0 saturated carbocycles. The molecule has 0 bridgehead atoms. The van der Waals surface area contributed by atoms with Crippen molar-refractivity contribution < 1.29 is 14.1 Å². The third-order valence-corrected chi connectivity index (χ3v) is 4.43. The van der Waals surface area contributed by atoms with E-state index in [0.29, 0.717) is 19.0 Å². The molecule has 1 aromatic rings. The average Bonchev–Trinajstić information content (AvgIpc) is 2.80. The summed E-state index contributed by atoms with van der Waals surface area (Å²) >= 11 is 0. The van der Waals surface area contributed by atoms with Gasteiger partial charge in [-0.1, -0.05) is 12.1 Å². The summed E-state index contributed by atoms with van der Waals surface area (Å²) in [5, 5.41) is 6.64. The van der Waals surface area contributed by atoms with Crippen LogP contribution in [0.3, 0.4) is 0 Å². The maximum atomic E-state index is 12.3. The second-order valence-electron chi connectivity index (χ2n) is 5.61. The van der Waals surface area contributed by atoms with Crippen LogP contribution in [-0.2, 0) is 4.74 Å². The zero-order valence-electron chi connectivity index (χ0n) is 13.4. The number of carbonyl (C=O) groups is 1. The van der Waals surface area contributed by atoms with Crippen LogP contribution in [0.25, 0.3) is 0 Å². The molecule has 0 radical (unpaired) electrons. The van der Waals surface area contributed by atoms with E-state index in [4.69, 9.17) is 9.26 Å². The van der Waals surface area contributed by atoms with Gasteiger partial charge in [0.25, 0.3) is 0 Å². The molecule has 1 aliphatic rings. The van der Waals surface area contributed by atoms with E-state index in [1.54, 1.807) is 0 Å². The second-order valence-corrected chi connectivity index (χ2v) is 5.61. The molecule has 1 fully saturated rings. The molecule has 2 rings (SSSR count). The lowest BCUT2D eigenvalue weighted by atomic mass is 9.88. The number of likely N-dealkylation sites (tertiary alicyclic amines) is 1. The van der Waals surface area contributed by atoms with E-state index in [1.165, 1.54) is 0 Å². The molecule has 0 unspecified atom stereocenters. The number of anilines is 1. The normalized spacial score (nSPS) is 17.8. The van der Waals surface area contributed by atoms with Crippen LogP contribution in [0, 0.1) is 13.8 Å². The van der Waals surface area contributed by atoms with Gasteiger partial charge in [-0.15, -0.1) is 0 Å². The molecule has 118 valence electrons. The van der Waals surface area contributed by atoms with Crippen molar-refractivity contribution in [1.82, 2.24) is 10.1 Å². The molecule has 2 amide bonds. The molecule has 1 aliphatic heterocycles. The Balaban J connectivity index is 1.93. The fourth-order valence-corrected chi connectivity index (χ4v) is 2.73. The number of aromatic nitrogens is 1. The Labute approximate surface area is 125 Å².